The Labute approximate surface area is 256 Å². The van der Waals surface area contributed by atoms with Crippen LogP contribution in [0.15, 0.2) is 36.9 Å². The zero-order valence-electron chi connectivity index (χ0n) is 27.2. The maximum atomic E-state index is 5.37. The van der Waals surface area contributed by atoms with Crippen LogP contribution in [0.25, 0.3) is 11.3 Å². The fourth-order valence-electron chi connectivity index (χ4n) is 11.7. The third-order valence-electron chi connectivity index (χ3n) is 13.6. The van der Waals surface area contributed by atoms with E-state index in [2.05, 4.69) is 87.2 Å². The Morgan fingerprint density at radius 1 is 0.952 bits per heavy atom. The number of nitrogens with one attached hydrogen (secondary N) is 2. The molecule has 4 saturated carbocycles. The van der Waals surface area contributed by atoms with Gasteiger partial charge in [0.1, 0.15) is 5.76 Å². The number of allylic oxidation sites excluding steroid dienone is 2. The minimum atomic E-state index is 0.382. The molecule has 0 heterocycles. The van der Waals surface area contributed by atoms with E-state index in [0.717, 1.165) is 60.4 Å². The predicted molar refractivity (Wildman–Crippen MR) is 176 cm³/mol. The van der Waals surface area contributed by atoms with Gasteiger partial charge in [-0.1, -0.05) is 77.0 Å². The van der Waals surface area contributed by atoms with E-state index in [-0.39, 0.29) is 0 Å². The van der Waals surface area contributed by atoms with Crippen molar-refractivity contribution in [1.82, 2.24) is 10.6 Å². The lowest BCUT2D eigenvalue weighted by Crippen LogP contribution is -2.63. The molecule has 2 N–H and O–H groups in total. The third kappa shape index (κ3) is 4.85. The van der Waals surface area contributed by atoms with Crippen LogP contribution in [-0.4, -0.2) is 25.7 Å². The SMILES string of the molecule is C=C(OC)c1ccc(C2=CCC3(C)C(CCC4(C)C5CCC6(NCCNC#CCC)CCC[C@@H]6C5CCC34)C2C)cc1. The molecule has 0 spiro atoms. The number of methoxy groups -OCH3 is 1. The summed E-state index contributed by atoms with van der Waals surface area (Å²) in [6.45, 7) is 16.1. The largest absolute Gasteiger partial charge is 0.497 e. The molecule has 0 saturated heterocycles. The summed E-state index contributed by atoms with van der Waals surface area (Å²) in [5.74, 6) is 8.81. The standard InChI is InChI=1S/C39H56N2O/c1-7-8-24-40-25-26-41-39-20-9-10-35(39)32-15-16-36-37(4)21-17-31(30-13-11-29(12-14-30)28(3)42-6)27(2)33(37)18-22-38(36,5)34(32)19-23-39/h11-14,17,27,32-36,40-41H,3,7,9-10,15-16,18-23,25-26H2,1-2,4-6H3/t27?,32?,33?,34?,35-,36?,37?,38?,39?/m1/s1. The predicted octanol–water partition coefficient (Wildman–Crippen LogP) is 8.67. The van der Waals surface area contributed by atoms with Gasteiger partial charge in [-0.05, 0) is 115 Å². The van der Waals surface area contributed by atoms with Crippen LogP contribution in [0.2, 0.25) is 0 Å². The molecule has 4 fully saturated rings. The van der Waals surface area contributed by atoms with Crippen molar-refractivity contribution in [3.63, 3.8) is 0 Å². The Bertz CT molecular complexity index is 1240. The molecule has 1 aromatic rings. The van der Waals surface area contributed by atoms with Crippen LogP contribution in [0.4, 0.5) is 0 Å². The van der Waals surface area contributed by atoms with Crippen LogP contribution >= 0.6 is 0 Å². The monoisotopic (exact) mass is 568 g/mol. The Morgan fingerprint density at radius 2 is 1.74 bits per heavy atom. The number of benzene rings is 1. The van der Waals surface area contributed by atoms with E-state index in [1.165, 1.54) is 69.8 Å². The maximum absolute atomic E-state index is 5.37. The van der Waals surface area contributed by atoms with Gasteiger partial charge in [0.2, 0.25) is 0 Å². The summed E-state index contributed by atoms with van der Waals surface area (Å²) < 4.78 is 5.37. The quantitative estimate of drug-likeness (QED) is 0.149. The van der Waals surface area contributed by atoms with Gasteiger partial charge in [0.15, 0.2) is 0 Å². The summed E-state index contributed by atoms with van der Waals surface area (Å²) >= 11 is 0. The van der Waals surface area contributed by atoms with Crippen molar-refractivity contribution in [3.05, 3.63) is 48.0 Å². The van der Waals surface area contributed by atoms with Gasteiger partial charge in [-0.15, -0.1) is 0 Å². The van der Waals surface area contributed by atoms with Crippen LogP contribution in [0.1, 0.15) is 109 Å². The first-order chi connectivity index (χ1) is 20.3. The van der Waals surface area contributed by atoms with E-state index in [9.17, 15) is 0 Å². The first-order valence-corrected chi connectivity index (χ1v) is 17.3. The maximum Gasteiger partial charge on any atom is 0.118 e. The normalized spacial score (nSPS) is 40.3. The molecular formula is C39H56N2O. The molecule has 8 unspecified atom stereocenters. The molecule has 5 aliphatic rings. The van der Waals surface area contributed by atoms with Crippen LogP contribution in [0.3, 0.4) is 0 Å². The average Bonchev–Trinajstić information content (AvgIpc) is 3.43. The van der Waals surface area contributed by atoms with Crippen molar-refractivity contribution in [2.75, 3.05) is 20.2 Å². The van der Waals surface area contributed by atoms with Gasteiger partial charge in [-0.2, -0.15) is 0 Å². The summed E-state index contributed by atoms with van der Waals surface area (Å²) in [7, 11) is 1.70. The third-order valence-corrected chi connectivity index (χ3v) is 13.6. The lowest BCUT2D eigenvalue weighted by molar-refractivity contribution is -0.164. The van der Waals surface area contributed by atoms with E-state index in [1.807, 2.05) is 0 Å². The number of rotatable bonds is 7. The lowest BCUT2D eigenvalue weighted by Gasteiger charge is -2.67. The molecule has 3 nitrogen and oxygen atoms in total. The Kier molecular flexibility index (Phi) is 8.34. The van der Waals surface area contributed by atoms with Gasteiger partial charge >= 0.3 is 0 Å². The Hall–Kier alpha value is -2.18. The Balaban J connectivity index is 1.18. The molecule has 42 heavy (non-hydrogen) atoms. The summed E-state index contributed by atoms with van der Waals surface area (Å²) in [6.07, 6.45) is 17.6. The van der Waals surface area contributed by atoms with E-state index >= 15 is 0 Å². The minimum absolute atomic E-state index is 0.382. The molecule has 1 aromatic carbocycles. The zero-order valence-corrected chi connectivity index (χ0v) is 27.2. The van der Waals surface area contributed by atoms with E-state index < -0.39 is 0 Å². The Morgan fingerprint density at radius 3 is 2.50 bits per heavy atom. The van der Waals surface area contributed by atoms with Crippen molar-refractivity contribution in [1.29, 1.82) is 0 Å². The zero-order chi connectivity index (χ0) is 29.5. The van der Waals surface area contributed by atoms with Gasteiger partial charge in [-0.3, -0.25) is 0 Å². The molecule has 6 rings (SSSR count). The van der Waals surface area contributed by atoms with Crippen LogP contribution in [0.5, 0.6) is 0 Å². The molecule has 0 amide bonds. The number of hydrogen-bond donors (Lipinski definition) is 2. The van der Waals surface area contributed by atoms with Crippen molar-refractivity contribution in [2.24, 2.45) is 46.3 Å². The van der Waals surface area contributed by atoms with Gasteiger partial charge in [0.05, 0.1) is 7.11 Å². The molecule has 5 aliphatic carbocycles. The second-order valence-electron chi connectivity index (χ2n) is 15.1. The molecule has 228 valence electrons. The van der Waals surface area contributed by atoms with Crippen molar-refractivity contribution >= 4 is 11.3 Å². The van der Waals surface area contributed by atoms with Crippen molar-refractivity contribution < 1.29 is 4.74 Å². The minimum Gasteiger partial charge on any atom is -0.497 e. The summed E-state index contributed by atoms with van der Waals surface area (Å²) in [5, 5.41) is 7.46. The lowest BCUT2D eigenvalue weighted by atomic mass is 9.38. The first kappa shape index (κ1) is 29.9. The molecule has 0 radical (unpaired) electrons. The first-order valence-electron chi connectivity index (χ1n) is 17.3. The van der Waals surface area contributed by atoms with Crippen molar-refractivity contribution in [3.8, 4) is 12.0 Å². The average molecular weight is 569 g/mol. The highest BCUT2D eigenvalue weighted by molar-refractivity contribution is 5.70. The fraction of sp³-hybridized carbons (Fsp3) is 0.692. The molecule has 0 bridgehead atoms. The van der Waals surface area contributed by atoms with Crippen LogP contribution in [-0.2, 0) is 4.74 Å². The summed E-state index contributed by atoms with van der Waals surface area (Å²) in [4.78, 5) is 0. The number of ether oxygens (including phenoxy) is 1. The summed E-state index contributed by atoms with van der Waals surface area (Å²) in [6, 6.07) is 12.1. The molecule has 0 aliphatic heterocycles. The van der Waals surface area contributed by atoms with Gasteiger partial charge in [0, 0.05) is 36.7 Å². The molecular weight excluding hydrogens is 512 g/mol. The summed E-state index contributed by atoms with van der Waals surface area (Å²) in [5.41, 5.74) is 5.32. The second-order valence-corrected chi connectivity index (χ2v) is 15.1. The highest BCUT2D eigenvalue weighted by atomic mass is 16.5. The van der Waals surface area contributed by atoms with E-state index in [1.54, 1.807) is 12.7 Å². The van der Waals surface area contributed by atoms with E-state index in [4.69, 9.17) is 4.74 Å². The van der Waals surface area contributed by atoms with Gasteiger partial charge < -0.3 is 15.4 Å². The number of hydrogen-bond acceptors (Lipinski definition) is 3. The number of fused-ring (bicyclic) bond motifs is 7. The highest BCUT2D eigenvalue weighted by Crippen LogP contribution is 2.70. The highest BCUT2D eigenvalue weighted by Gasteiger charge is 2.64. The van der Waals surface area contributed by atoms with Crippen LogP contribution < -0.4 is 10.6 Å². The fourth-order valence-corrected chi connectivity index (χ4v) is 11.7. The van der Waals surface area contributed by atoms with Crippen LogP contribution in [0, 0.1) is 58.3 Å². The second kappa shape index (κ2) is 11.7. The van der Waals surface area contributed by atoms with Crippen molar-refractivity contribution in [2.45, 2.75) is 104 Å². The molecule has 0 aromatic heterocycles. The van der Waals surface area contributed by atoms with Gasteiger partial charge in [0.25, 0.3) is 0 Å². The molecule has 9 atom stereocenters. The van der Waals surface area contributed by atoms with Gasteiger partial charge in [-0.25, -0.2) is 0 Å². The molecule has 3 heteroatoms. The topological polar surface area (TPSA) is 33.3 Å². The van der Waals surface area contributed by atoms with E-state index in [0.29, 0.717) is 22.3 Å². The smallest absolute Gasteiger partial charge is 0.118 e.